The van der Waals surface area contributed by atoms with Crippen molar-refractivity contribution in [1.29, 1.82) is 0 Å². The first kappa shape index (κ1) is 21.3. The third-order valence-corrected chi connectivity index (χ3v) is 6.95. The number of aliphatic hydroxyl groups is 1. The van der Waals surface area contributed by atoms with Gasteiger partial charge in [-0.25, -0.2) is 0 Å². The average molecular weight is 441 g/mol. The number of ketones is 1. The van der Waals surface area contributed by atoms with Gasteiger partial charge in [0.25, 0.3) is 11.7 Å². The molecule has 168 valence electrons. The maximum Gasteiger partial charge on any atom is 0.295 e. The summed E-state index contributed by atoms with van der Waals surface area (Å²) >= 11 is 0. The van der Waals surface area contributed by atoms with Gasteiger partial charge in [-0.15, -0.1) is 0 Å². The summed E-state index contributed by atoms with van der Waals surface area (Å²) in [6.45, 7) is 0. The maximum atomic E-state index is 13.3. The highest BCUT2D eigenvalue weighted by Crippen LogP contribution is 2.43. The molecule has 3 aromatic rings. The van der Waals surface area contributed by atoms with Crippen LogP contribution in [0.5, 0.6) is 0 Å². The van der Waals surface area contributed by atoms with Crippen molar-refractivity contribution in [1.82, 2.24) is 4.90 Å². The molecule has 1 amide bonds. The molecule has 0 spiro atoms. The van der Waals surface area contributed by atoms with E-state index in [1.54, 1.807) is 4.90 Å². The number of aliphatic hydroxyl groups excluding tert-OH is 1. The molecule has 1 atom stereocenters. The van der Waals surface area contributed by atoms with Gasteiger partial charge in [-0.2, -0.15) is 0 Å². The van der Waals surface area contributed by atoms with E-state index in [1.165, 1.54) is 0 Å². The second-order valence-corrected chi connectivity index (χ2v) is 9.19. The molecule has 1 heterocycles. The van der Waals surface area contributed by atoms with Gasteiger partial charge in [-0.05, 0) is 47.4 Å². The van der Waals surface area contributed by atoms with E-state index in [9.17, 15) is 14.7 Å². The van der Waals surface area contributed by atoms with Gasteiger partial charge in [0.05, 0.1) is 11.6 Å². The fourth-order valence-electron chi connectivity index (χ4n) is 5.18. The summed E-state index contributed by atoms with van der Waals surface area (Å²) in [5, 5.41) is 13.4. The van der Waals surface area contributed by atoms with Crippen molar-refractivity contribution in [3.63, 3.8) is 0 Å². The SMILES string of the molecule is CN(C)c1ccc(C2/C(=C(/O)c3ccc4ccccc4c3)C(=O)C(=O)N2C2CCCC2)cc1. The van der Waals surface area contributed by atoms with Gasteiger partial charge >= 0.3 is 0 Å². The van der Waals surface area contributed by atoms with E-state index >= 15 is 0 Å². The lowest BCUT2D eigenvalue weighted by Gasteiger charge is -2.31. The van der Waals surface area contributed by atoms with Crippen LogP contribution in [-0.4, -0.2) is 41.8 Å². The monoisotopic (exact) mass is 440 g/mol. The molecule has 5 rings (SSSR count). The van der Waals surface area contributed by atoms with E-state index in [2.05, 4.69) is 0 Å². The molecule has 2 fully saturated rings. The molecule has 1 aliphatic heterocycles. The van der Waals surface area contributed by atoms with Crippen molar-refractivity contribution in [2.75, 3.05) is 19.0 Å². The van der Waals surface area contributed by atoms with Gasteiger partial charge in [0.1, 0.15) is 5.76 Å². The van der Waals surface area contributed by atoms with Crippen LogP contribution in [0, 0.1) is 0 Å². The number of benzene rings is 3. The normalized spacial score (nSPS) is 20.7. The van der Waals surface area contributed by atoms with Gasteiger partial charge in [0.2, 0.25) is 0 Å². The summed E-state index contributed by atoms with van der Waals surface area (Å²) in [6, 6.07) is 20.8. The Kier molecular flexibility index (Phi) is 5.41. The van der Waals surface area contributed by atoms with Crippen LogP contribution in [0.3, 0.4) is 0 Å². The van der Waals surface area contributed by atoms with Crippen LogP contribution in [0.15, 0.2) is 72.3 Å². The summed E-state index contributed by atoms with van der Waals surface area (Å²) in [5.74, 6) is -1.22. The highest BCUT2D eigenvalue weighted by atomic mass is 16.3. The summed E-state index contributed by atoms with van der Waals surface area (Å²) < 4.78 is 0. The second kappa shape index (κ2) is 8.39. The molecule has 0 radical (unpaired) electrons. The fraction of sp³-hybridized carbons (Fsp3) is 0.286. The smallest absolute Gasteiger partial charge is 0.295 e. The Morgan fingerprint density at radius 2 is 1.58 bits per heavy atom. The van der Waals surface area contributed by atoms with Gasteiger partial charge in [0, 0.05) is 31.4 Å². The molecule has 5 nitrogen and oxygen atoms in total. The first-order valence-electron chi connectivity index (χ1n) is 11.5. The van der Waals surface area contributed by atoms with Crippen molar-refractivity contribution in [3.8, 4) is 0 Å². The first-order valence-corrected chi connectivity index (χ1v) is 11.5. The van der Waals surface area contributed by atoms with E-state index in [4.69, 9.17) is 0 Å². The Balaban J connectivity index is 1.66. The van der Waals surface area contributed by atoms with E-state index in [1.807, 2.05) is 85.7 Å². The van der Waals surface area contributed by atoms with Gasteiger partial charge in [-0.3, -0.25) is 9.59 Å². The van der Waals surface area contributed by atoms with Crippen molar-refractivity contribution in [2.45, 2.75) is 37.8 Å². The Hall–Kier alpha value is -3.60. The minimum Gasteiger partial charge on any atom is -0.507 e. The molecule has 1 unspecified atom stereocenters. The van der Waals surface area contributed by atoms with Crippen LogP contribution in [0.1, 0.15) is 42.9 Å². The lowest BCUT2D eigenvalue weighted by atomic mass is 9.93. The van der Waals surface area contributed by atoms with E-state index in [0.717, 1.165) is 47.7 Å². The Labute approximate surface area is 193 Å². The minimum atomic E-state index is -0.603. The predicted octanol–water partition coefficient (Wildman–Crippen LogP) is 5.27. The van der Waals surface area contributed by atoms with Crippen LogP contribution in [-0.2, 0) is 9.59 Å². The number of likely N-dealkylation sites (tertiary alicyclic amines) is 1. The summed E-state index contributed by atoms with van der Waals surface area (Å²) in [4.78, 5) is 30.3. The number of carbonyl (C=O) groups excluding carboxylic acids is 2. The highest BCUT2D eigenvalue weighted by Gasteiger charge is 2.49. The molecule has 0 aromatic heterocycles. The van der Waals surface area contributed by atoms with Gasteiger partial charge in [0.15, 0.2) is 0 Å². The standard InChI is InChI=1S/C28H28N2O3/c1-29(2)22-15-13-19(14-16-22)25-24(27(32)28(33)30(25)23-9-5-6-10-23)26(31)21-12-11-18-7-3-4-8-20(18)17-21/h3-4,7-8,11-17,23,25,31H,5-6,9-10H2,1-2H3/b26-24-. The molecule has 5 heteroatoms. The quantitative estimate of drug-likeness (QED) is 0.341. The lowest BCUT2D eigenvalue weighted by Crippen LogP contribution is -2.37. The molecule has 1 saturated heterocycles. The number of fused-ring (bicyclic) bond motifs is 1. The van der Waals surface area contributed by atoms with Crippen molar-refractivity contribution >= 4 is 33.9 Å². The average Bonchev–Trinajstić information content (AvgIpc) is 3.45. The summed E-state index contributed by atoms with van der Waals surface area (Å²) in [6.07, 6.45) is 3.86. The molecular weight excluding hydrogens is 412 g/mol. The van der Waals surface area contributed by atoms with Gasteiger partial charge < -0.3 is 14.9 Å². The minimum absolute atomic E-state index is 0.0156. The topological polar surface area (TPSA) is 60.9 Å². The van der Waals surface area contributed by atoms with Crippen LogP contribution >= 0.6 is 0 Å². The van der Waals surface area contributed by atoms with Crippen molar-refractivity contribution in [3.05, 3.63) is 83.4 Å². The van der Waals surface area contributed by atoms with E-state index in [0.29, 0.717) is 5.56 Å². The van der Waals surface area contributed by atoms with Gasteiger partial charge in [-0.1, -0.05) is 61.4 Å². The molecule has 1 saturated carbocycles. The fourth-order valence-corrected chi connectivity index (χ4v) is 5.18. The Bertz CT molecular complexity index is 1250. The molecule has 1 aliphatic carbocycles. The molecule has 1 N–H and O–H groups in total. The van der Waals surface area contributed by atoms with Crippen LogP contribution in [0.4, 0.5) is 5.69 Å². The molecule has 2 aliphatic rings. The third kappa shape index (κ3) is 3.67. The van der Waals surface area contributed by atoms with Crippen LogP contribution < -0.4 is 4.90 Å². The highest BCUT2D eigenvalue weighted by molar-refractivity contribution is 6.46. The van der Waals surface area contributed by atoms with E-state index in [-0.39, 0.29) is 17.4 Å². The Morgan fingerprint density at radius 1 is 0.909 bits per heavy atom. The lowest BCUT2D eigenvalue weighted by molar-refractivity contribution is -0.141. The molecule has 33 heavy (non-hydrogen) atoms. The molecular formula is C28H28N2O3. The zero-order valence-corrected chi connectivity index (χ0v) is 19.0. The number of Topliss-reactive ketones (excluding diaryl/α,β-unsaturated/α-hetero) is 1. The van der Waals surface area contributed by atoms with E-state index < -0.39 is 17.7 Å². The maximum absolute atomic E-state index is 13.3. The van der Waals surface area contributed by atoms with Crippen molar-refractivity contribution in [2.24, 2.45) is 0 Å². The van der Waals surface area contributed by atoms with Crippen LogP contribution in [0.2, 0.25) is 0 Å². The molecule has 3 aromatic carbocycles. The summed E-state index contributed by atoms with van der Waals surface area (Å²) in [5.41, 5.74) is 2.60. The largest absolute Gasteiger partial charge is 0.507 e. The zero-order valence-electron chi connectivity index (χ0n) is 19.0. The number of carbonyl (C=O) groups is 2. The number of nitrogens with zero attached hydrogens (tertiary/aromatic N) is 2. The predicted molar refractivity (Wildman–Crippen MR) is 131 cm³/mol. The Morgan fingerprint density at radius 3 is 2.24 bits per heavy atom. The van der Waals surface area contributed by atoms with Crippen molar-refractivity contribution < 1.29 is 14.7 Å². The first-order chi connectivity index (χ1) is 16.0. The number of hydrogen-bond acceptors (Lipinski definition) is 4. The summed E-state index contributed by atoms with van der Waals surface area (Å²) in [7, 11) is 3.94. The number of rotatable bonds is 4. The second-order valence-electron chi connectivity index (χ2n) is 9.19. The number of hydrogen-bond donors (Lipinski definition) is 1. The zero-order chi connectivity index (χ0) is 23.1. The number of amides is 1. The molecule has 0 bridgehead atoms. The third-order valence-electron chi connectivity index (χ3n) is 6.95. The number of anilines is 1. The van der Waals surface area contributed by atoms with Crippen LogP contribution in [0.25, 0.3) is 16.5 Å².